The van der Waals surface area contributed by atoms with E-state index in [-0.39, 0.29) is 6.42 Å². The van der Waals surface area contributed by atoms with Gasteiger partial charge in [-0.2, -0.15) is 0 Å². The molecule has 0 bridgehead atoms. The molecule has 0 heterocycles. The lowest BCUT2D eigenvalue weighted by Gasteiger charge is -2.17. The summed E-state index contributed by atoms with van der Waals surface area (Å²) >= 11 is 0. The number of ether oxygens (including phenoxy) is 3. The molecule has 0 amide bonds. The Morgan fingerprint density at radius 1 is 0.850 bits per heavy atom. The third kappa shape index (κ3) is 6.17. The normalized spacial score (nSPS) is 14.6. The highest BCUT2D eigenvalue weighted by molar-refractivity contribution is 5.84. The second-order valence-electron chi connectivity index (χ2n) is 3.98. The van der Waals surface area contributed by atoms with Crippen molar-refractivity contribution < 1.29 is 38.5 Å². The third-order valence-corrected chi connectivity index (χ3v) is 2.19. The van der Waals surface area contributed by atoms with Crippen LogP contribution in [0, 0.1) is 0 Å². The Labute approximate surface area is 116 Å². The largest absolute Gasteiger partial charge is 0.479 e. The van der Waals surface area contributed by atoms with Crippen LogP contribution < -0.4 is 0 Å². The number of carbonyl (C=O) groups is 4. The summed E-state index contributed by atoms with van der Waals surface area (Å²) in [6, 6.07) is 0. The van der Waals surface area contributed by atoms with Gasteiger partial charge in [0.25, 0.3) is 0 Å². The number of hydrogen-bond donors (Lipinski definition) is 1. The maximum Gasteiger partial charge on any atom is 0.347 e. The molecule has 8 nitrogen and oxygen atoms in total. The monoisotopic (exact) mass is 290 g/mol. The van der Waals surface area contributed by atoms with Gasteiger partial charge in [0, 0.05) is 6.42 Å². The van der Waals surface area contributed by atoms with Crippen LogP contribution in [0.15, 0.2) is 0 Å². The van der Waals surface area contributed by atoms with Crippen molar-refractivity contribution in [2.75, 3.05) is 0 Å². The molecule has 114 valence electrons. The molecule has 0 saturated carbocycles. The van der Waals surface area contributed by atoms with Crippen LogP contribution in [0.3, 0.4) is 0 Å². The Bertz CT molecular complexity index is 389. The molecule has 0 rings (SSSR count). The van der Waals surface area contributed by atoms with Crippen LogP contribution in [0.5, 0.6) is 0 Å². The van der Waals surface area contributed by atoms with Crippen molar-refractivity contribution >= 4 is 23.9 Å². The van der Waals surface area contributed by atoms with Crippen LogP contribution >= 0.6 is 0 Å². The SMILES string of the molecule is CCC(=O)O[C@H](C)C(=O)O[C@@H](C)C(=O)O[C@@H](C)C(=O)O. The molecule has 0 aromatic rings. The average Bonchev–Trinajstić information content (AvgIpc) is 2.37. The number of aliphatic carboxylic acids is 1. The molecule has 0 saturated heterocycles. The fourth-order valence-corrected chi connectivity index (χ4v) is 0.967. The van der Waals surface area contributed by atoms with Crippen molar-refractivity contribution in [2.24, 2.45) is 0 Å². The lowest BCUT2D eigenvalue weighted by atomic mass is 10.3. The van der Waals surface area contributed by atoms with E-state index in [1.807, 2.05) is 0 Å². The molecule has 0 unspecified atom stereocenters. The molecule has 0 radical (unpaired) electrons. The predicted octanol–water partition coefficient (Wildman–Crippen LogP) is 0.276. The highest BCUT2D eigenvalue weighted by Crippen LogP contribution is 2.04. The molecule has 0 spiro atoms. The third-order valence-electron chi connectivity index (χ3n) is 2.19. The Morgan fingerprint density at radius 3 is 1.65 bits per heavy atom. The molecular formula is C12H18O8. The number of carboxylic acid groups (broad SMARTS) is 1. The van der Waals surface area contributed by atoms with Gasteiger partial charge in [-0.3, -0.25) is 4.79 Å². The van der Waals surface area contributed by atoms with E-state index in [9.17, 15) is 19.2 Å². The summed E-state index contributed by atoms with van der Waals surface area (Å²) in [5, 5.41) is 8.57. The van der Waals surface area contributed by atoms with E-state index in [2.05, 4.69) is 4.74 Å². The van der Waals surface area contributed by atoms with E-state index in [1.165, 1.54) is 20.8 Å². The molecular weight excluding hydrogens is 272 g/mol. The van der Waals surface area contributed by atoms with Crippen molar-refractivity contribution in [3.63, 3.8) is 0 Å². The molecule has 1 N–H and O–H groups in total. The van der Waals surface area contributed by atoms with Crippen molar-refractivity contribution in [1.29, 1.82) is 0 Å². The summed E-state index contributed by atoms with van der Waals surface area (Å²) in [4.78, 5) is 44.4. The van der Waals surface area contributed by atoms with E-state index in [1.54, 1.807) is 6.92 Å². The second-order valence-corrected chi connectivity index (χ2v) is 3.98. The summed E-state index contributed by atoms with van der Waals surface area (Å²) in [6.45, 7) is 5.26. The molecule has 0 aliphatic carbocycles. The molecule has 8 heteroatoms. The first-order chi connectivity index (χ1) is 9.18. The first kappa shape index (κ1) is 17.9. The van der Waals surface area contributed by atoms with Gasteiger partial charge in [0.1, 0.15) is 0 Å². The van der Waals surface area contributed by atoms with E-state index in [0.29, 0.717) is 0 Å². The maximum absolute atomic E-state index is 11.5. The smallest absolute Gasteiger partial charge is 0.347 e. The van der Waals surface area contributed by atoms with Gasteiger partial charge < -0.3 is 19.3 Å². The summed E-state index contributed by atoms with van der Waals surface area (Å²) in [7, 11) is 0. The Kier molecular flexibility index (Phi) is 7.27. The van der Waals surface area contributed by atoms with Crippen molar-refractivity contribution in [3.05, 3.63) is 0 Å². The lowest BCUT2D eigenvalue weighted by molar-refractivity contribution is -0.181. The molecule has 0 aliphatic heterocycles. The Hall–Kier alpha value is -2.12. The van der Waals surface area contributed by atoms with E-state index in [0.717, 1.165) is 0 Å². The fraction of sp³-hybridized carbons (Fsp3) is 0.667. The van der Waals surface area contributed by atoms with Gasteiger partial charge in [-0.05, 0) is 20.8 Å². The highest BCUT2D eigenvalue weighted by Gasteiger charge is 2.27. The zero-order valence-electron chi connectivity index (χ0n) is 11.7. The number of carboxylic acids is 1. The minimum Gasteiger partial charge on any atom is -0.479 e. The molecule has 0 aromatic carbocycles. The highest BCUT2D eigenvalue weighted by atomic mass is 16.6. The zero-order valence-corrected chi connectivity index (χ0v) is 11.7. The standard InChI is InChI=1S/C12H18O8/c1-5-9(13)18-7(3)11(16)20-8(4)12(17)19-6(2)10(14)15/h6-8H,5H2,1-4H3,(H,14,15)/t6-,7+,8-/m0/s1. The van der Waals surface area contributed by atoms with E-state index >= 15 is 0 Å². The fourth-order valence-electron chi connectivity index (χ4n) is 0.967. The van der Waals surface area contributed by atoms with Gasteiger partial charge in [0.2, 0.25) is 0 Å². The van der Waals surface area contributed by atoms with Crippen molar-refractivity contribution in [1.82, 2.24) is 0 Å². The summed E-state index contributed by atoms with van der Waals surface area (Å²) < 4.78 is 14.0. The van der Waals surface area contributed by atoms with Crippen LogP contribution in [0.1, 0.15) is 34.1 Å². The van der Waals surface area contributed by atoms with Crippen molar-refractivity contribution in [2.45, 2.75) is 52.4 Å². The van der Waals surface area contributed by atoms with Gasteiger partial charge in [0.05, 0.1) is 0 Å². The van der Waals surface area contributed by atoms with Crippen LogP contribution in [-0.4, -0.2) is 47.3 Å². The van der Waals surface area contributed by atoms with E-state index < -0.39 is 42.2 Å². The summed E-state index contributed by atoms with van der Waals surface area (Å²) in [5.74, 6) is -3.81. The molecule has 20 heavy (non-hydrogen) atoms. The van der Waals surface area contributed by atoms with E-state index in [4.69, 9.17) is 14.6 Å². The molecule has 0 fully saturated rings. The molecule has 3 atom stereocenters. The first-order valence-electron chi connectivity index (χ1n) is 6.02. The van der Waals surface area contributed by atoms with Crippen LogP contribution in [0.4, 0.5) is 0 Å². The van der Waals surface area contributed by atoms with Crippen molar-refractivity contribution in [3.8, 4) is 0 Å². The second kappa shape index (κ2) is 8.13. The van der Waals surface area contributed by atoms with Gasteiger partial charge in [-0.1, -0.05) is 6.92 Å². The van der Waals surface area contributed by atoms with Crippen LogP contribution in [0.2, 0.25) is 0 Å². The quantitative estimate of drug-likeness (QED) is 0.525. The van der Waals surface area contributed by atoms with Crippen LogP contribution in [0.25, 0.3) is 0 Å². The number of hydrogen-bond acceptors (Lipinski definition) is 7. The number of esters is 3. The summed E-state index contributed by atoms with van der Waals surface area (Å²) in [5.41, 5.74) is 0. The minimum absolute atomic E-state index is 0.103. The molecule has 0 aromatic heterocycles. The predicted molar refractivity (Wildman–Crippen MR) is 64.6 cm³/mol. The Morgan fingerprint density at radius 2 is 1.25 bits per heavy atom. The number of carbonyl (C=O) groups excluding carboxylic acids is 3. The Balaban J connectivity index is 4.34. The maximum atomic E-state index is 11.5. The topological polar surface area (TPSA) is 116 Å². The van der Waals surface area contributed by atoms with Gasteiger partial charge in [-0.15, -0.1) is 0 Å². The number of rotatable bonds is 7. The zero-order chi connectivity index (χ0) is 15.9. The van der Waals surface area contributed by atoms with Crippen LogP contribution in [-0.2, 0) is 33.4 Å². The van der Waals surface area contributed by atoms with Gasteiger partial charge in [0.15, 0.2) is 18.3 Å². The summed E-state index contributed by atoms with van der Waals surface area (Å²) in [6.07, 6.45) is -3.70. The van der Waals surface area contributed by atoms with Gasteiger partial charge in [-0.25, -0.2) is 14.4 Å². The first-order valence-corrected chi connectivity index (χ1v) is 6.02. The van der Waals surface area contributed by atoms with Gasteiger partial charge >= 0.3 is 23.9 Å². The average molecular weight is 290 g/mol. The lowest BCUT2D eigenvalue weighted by Crippen LogP contribution is -2.35. The molecule has 0 aliphatic rings. The minimum atomic E-state index is -1.35.